The van der Waals surface area contributed by atoms with Crippen molar-refractivity contribution in [3.8, 4) is 0 Å². The summed E-state index contributed by atoms with van der Waals surface area (Å²) >= 11 is 6.96. The molecule has 0 bridgehead atoms. The summed E-state index contributed by atoms with van der Waals surface area (Å²) in [6, 6.07) is 21.0. The van der Waals surface area contributed by atoms with E-state index in [0.29, 0.717) is 0 Å². The van der Waals surface area contributed by atoms with Crippen LogP contribution in [-0.4, -0.2) is 4.98 Å². The van der Waals surface area contributed by atoms with Crippen LogP contribution in [0.5, 0.6) is 0 Å². The summed E-state index contributed by atoms with van der Waals surface area (Å²) in [5.74, 6) is 0.215. The van der Waals surface area contributed by atoms with Crippen molar-refractivity contribution in [2.75, 3.05) is 0 Å². The van der Waals surface area contributed by atoms with Gasteiger partial charge in [0.1, 0.15) is 0 Å². The summed E-state index contributed by atoms with van der Waals surface area (Å²) < 4.78 is 2.19. The van der Waals surface area contributed by atoms with Gasteiger partial charge in [-0.05, 0) is 47.5 Å². The van der Waals surface area contributed by atoms with E-state index in [1.54, 1.807) is 0 Å². The zero-order valence-corrected chi connectivity index (χ0v) is 15.0. The minimum Gasteiger partial charge on any atom is -0.364 e. The normalized spacial score (nSPS) is 12.6. The molecule has 2 aromatic carbocycles. The van der Waals surface area contributed by atoms with Gasteiger partial charge in [-0.1, -0.05) is 68.3 Å². The average molecular weight is 417 g/mol. The predicted octanol–water partition coefficient (Wildman–Crippen LogP) is 6.39. The van der Waals surface area contributed by atoms with Crippen LogP contribution in [0.1, 0.15) is 22.7 Å². The van der Waals surface area contributed by atoms with Gasteiger partial charge in [0.15, 0.2) is 0 Å². The van der Waals surface area contributed by atoms with Crippen LogP contribution in [0.4, 0.5) is 0 Å². The zero-order chi connectivity index (χ0) is 15.4. The molecule has 3 rings (SSSR count). The van der Waals surface area contributed by atoms with Crippen LogP contribution in [0.2, 0.25) is 0 Å². The van der Waals surface area contributed by atoms with Crippen molar-refractivity contribution >= 4 is 37.9 Å². The van der Waals surface area contributed by atoms with E-state index in [1.165, 1.54) is 16.8 Å². The van der Waals surface area contributed by atoms with E-state index in [-0.39, 0.29) is 5.92 Å². The fraction of sp³-hybridized carbons (Fsp3) is 0.0526. The van der Waals surface area contributed by atoms with Crippen LogP contribution < -0.4 is 0 Å². The maximum absolute atomic E-state index is 3.50. The number of nitrogens with one attached hydrogen (secondary N) is 1. The minimum absolute atomic E-state index is 0.215. The molecule has 3 aromatic rings. The second kappa shape index (κ2) is 7.12. The Morgan fingerprint density at radius 3 is 2.05 bits per heavy atom. The van der Waals surface area contributed by atoms with Crippen molar-refractivity contribution < 1.29 is 0 Å². The molecule has 0 amide bonds. The number of hydrogen-bond acceptors (Lipinski definition) is 0. The molecule has 22 heavy (non-hydrogen) atoms. The van der Waals surface area contributed by atoms with Gasteiger partial charge in [0.2, 0.25) is 0 Å². The van der Waals surface area contributed by atoms with E-state index >= 15 is 0 Å². The monoisotopic (exact) mass is 415 g/mol. The summed E-state index contributed by atoms with van der Waals surface area (Å²) in [5.41, 5.74) is 3.64. The standard InChI is InChI=1S/C19H15Br2N/c20-16-8-3-14(4-9-16)5-12-18(19-2-1-13-22-19)15-6-10-17(21)11-7-15/h1-13,18,22H/b12-5+. The second-order valence-electron chi connectivity index (χ2n) is 5.07. The molecule has 1 aromatic heterocycles. The summed E-state index contributed by atoms with van der Waals surface area (Å²) in [6.45, 7) is 0. The molecule has 0 spiro atoms. The summed E-state index contributed by atoms with van der Waals surface area (Å²) in [7, 11) is 0. The lowest BCUT2D eigenvalue weighted by atomic mass is 9.94. The Morgan fingerprint density at radius 1 is 0.818 bits per heavy atom. The lowest BCUT2D eigenvalue weighted by molar-refractivity contribution is 0.976. The maximum Gasteiger partial charge on any atom is 0.0424 e. The fourth-order valence-corrected chi connectivity index (χ4v) is 2.91. The van der Waals surface area contributed by atoms with Crippen molar-refractivity contribution in [1.29, 1.82) is 0 Å². The van der Waals surface area contributed by atoms with E-state index in [0.717, 1.165) is 8.95 Å². The molecule has 1 atom stereocenters. The summed E-state index contributed by atoms with van der Waals surface area (Å²) in [6.07, 6.45) is 6.37. The van der Waals surface area contributed by atoms with Gasteiger partial charge in [-0.15, -0.1) is 0 Å². The van der Waals surface area contributed by atoms with Crippen molar-refractivity contribution in [1.82, 2.24) is 4.98 Å². The van der Waals surface area contributed by atoms with Gasteiger partial charge in [0.25, 0.3) is 0 Å². The van der Waals surface area contributed by atoms with Crippen molar-refractivity contribution in [3.05, 3.63) is 98.7 Å². The molecule has 1 nitrogen and oxygen atoms in total. The van der Waals surface area contributed by atoms with Crippen LogP contribution in [0.15, 0.2) is 81.9 Å². The van der Waals surface area contributed by atoms with E-state index in [2.05, 4.69) is 104 Å². The maximum atomic E-state index is 3.50. The van der Waals surface area contributed by atoms with Gasteiger partial charge in [0, 0.05) is 26.8 Å². The number of hydrogen-bond donors (Lipinski definition) is 1. The topological polar surface area (TPSA) is 15.8 Å². The molecule has 0 fully saturated rings. The number of benzene rings is 2. The number of allylic oxidation sites excluding steroid dienone is 1. The first kappa shape index (κ1) is 15.3. The smallest absolute Gasteiger partial charge is 0.0424 e. The van der Waals surface area contributed by atoms with Crippen LogP contribution in [0.25, 0.3) is 6.08 Å². The minimum atomic E-state index is 0.215. The van der Waals surface area contributed by atoms with E-state index in [4.69, 9.17) is 0 Å². The van der Waals surface area contributed by atoms with Crippen LogP contribution in [-0.2, 0) is 0 Å². The fourth-order valence-electron chi connectivity index (χ4n) is 2.38. The number of H-pyrrole nitrogens is 1. The molecule has 0 aliphatic carbocycles. The highest BCUT2D eigenvalue weighted by Gasteiger charge is 2.11. The second-order valence-corrected chi connectivity index (χ2v) is 6.90. The van der Waals surface area contributed by atoms with Gasteiger partial charge in [-0.25, -0.2) is 0 Å². The van der Waals surface area contributed by atoms with E-state index in [9.17, 15) is 0 Å². The molecule has 1 N–H and O–H groups in total. The van der Waals surface area contributed by atoms with Crippen LogP contribution >= 0.6 is 31.9 Å². The third kappa shape index (κ3) is 3.79. The Labute approximate surface area is 147 Å². The molecule has 1 unspecified atom stereocenters. The van der Waals surface area contributed by atoms with Gasteiger partial charge in [-0.2, -0.15) is 0 Å². The highest BCUT2D eigenvalue weighted by Crippen LogP contribution is 2.27. The lowest BCUT2D eigenvalue weighted by Gasteiger charge is -2.12. The molecule has 0 saturated carbocycles. The highest BCUT2D eigenvalue weighted by molar-refractivity contribution is 9.10. The molecule has 0 saturated heterocycles. The van der Waals surface area contributed by atoms with Gasteiger partial charge < -0.3 is 4.98 Å². The Morgan fingerprint density at radius 2 is 1.45 bits per heavy atom. The Hall–Kier alpha value is -1.58. The van der Waals surface area contributed by atoms with Crippen molar-refractivity contribution in [2.24, 2.45) is 0 Å². The van der Waals surface area contributed by atoms with Crippen molar-refractivity contribution in [2.45, 2.75) is 5.92 Å². The number of rotatable bonds is 4. The number of halogens is 2. The third-order valence-corrected chi connectivity index (χ3v) is 4.59. The first-order chi connectivity index (χ1) is 10.7. The molecule has 0 aliphatic heterocycles. The zero-order valence-electron chi connectivity index (χ0n) is 11.8. The first-order valence-electron chi connectivity index (χ1n) is 7.05. The lowest BCUT2D eigenvalue weighted by Crippen LogP contribution is -1.98. The molecule has 1 heterocycles. The Bertz CT molecular complexity index is 741. The predicted molar refractivity (Wildman–Crippen MR) is 100.0 cm³/mol. The van der Waals surface area contributed by atoms with Crippen LogP contribution in [0, 0.1) is 0 Å². The quantitative estimate of drug-likeness (QED) is 0.507. The average Bonchev–Trinajstić information content (AvgIpc) is 3.05. The summed E-state index contributed by atoms with van der Waals surface area (Å²) in [5, 5.41) is 0. The largest absolute Gasteiger partial charge is 0.364 e. The number of aromatic nitrogens is 1. The number of aromatic amines is 1. The van der Waals surface area contributed by atoms with Crippen LogP contribution in [0.3, 0.4) is 0 Å². The molecule has 3 heteroatoms. The molecule has 0 aliphatic rings. The Kier molecular flexibility index (Phi) is 4.96. The van der Waals surface area contributed by atoms with Crippen molar-refractivity contribution in [3.63, 3.8) is 0 Å². The molecular weight excluding hydrogens is 402 g/mol. The molecular formula is C19H15Br2N. The van der Waals surface area contributed by atoms with E-state index < -0.39 is 0 Å². The summed E-state index contributed by atoms with van der Waals surface area (Å²) in [4.78, 5) is 3.33. The van der Waals surface area contributed by atoms with Gasteiger partial charge in [-0.3, -0.25) is 0 Å². The van der Waals surface area contributed by atoms with Gasteiger partial charge in [0.05, 0.1) is 0 Å². The SMILES string of the molecule is Brc1ccc(/C=C/C(c2ccc(Br)cc2)c2ccc[nH]2)cc1. The Balaban J connectivity index is 1.92. The van der Waals surface area contributed by atoms with E-state index in [1.807, 2.05) is 12.3 Å². The highest BCUT2D eigenvalue weighted by atomic mass is 79.9. The molecule has 0 radical (unpaired) electrons. The molecule has 110 valence electrons. The van der Waals surface area contributed by atoms with Gasteiger partial charge >= 0.3 is 0 Å². The first-order valence-corrected chi connectivity index (χ1v) is 8.63. The third-order valence-electron chi connectivity index (χ3n) is 3.54.